The molecule has 2 fully saturated rings. The van der Waals surface area contributed by atoms with Crippen molar-refractivity contribution in [2.24, 2.45) is 5.92 Å². The molecule has 0 saturated carbocycles. The monoisotopic (exact) mass is 360 g/mol. The van der Waals surface area contributed by atoms with Crippen molar-refractivity contribution in [2.75, 3.05) is 31.2 Å². The fraction of sp³-hybridized carbons (Fsp3) is 0.526. The van der Waals surface area contributed by atoms with Crippen LogP contribution in [0, 0.1) is 5.92 Å². The van der Waals surface area contributed by atoms with Gasteiger partial charge >= 0.3 is 5.97 Å². The second-order valence-electron chi connectivity index (χ2n) is 7.04. The van der Waals surface area contributed by atoms with Gasteiger partial charge in [0.05, 0.1) is 13.2 Å². The SMILES string of the molecule is CC(C)c1ccc(N2CCC(C(=O)N3CCOCC3C(=O)O)C2=O)cc1. The van der Waals surface area contributed by atoms with Crippen LogP contribution in [0.2, 0.25) is 0 Å². The lowest BCUT2D eigenvalue weighted by Gasteiger charge is -2.34. The van der Waals surface area contributed by atoms with Crippen molar-refractivity contribution in [1.82, 2.24) is 4.90 Å². The Labute approximate surface area is 152 Å². The van der Waals surface area contributed by atoms with Gasteiger partial charge in [-0.05, 0) is 30.0 Å². The number of carbonyl (C=O) groups excluding carboxylic acids is 2. The molecule has 2 unspecified atom stereocenters. The number of aliphatic carboxylic acids is 1. The van der Waals surface area contributed by atoms with Crippen LogP contribution in [0.5, 0.6) is 0 Å². The van der Waals surface area contributed by atoms with Crippen LogP contribution >= 0.6 is 0 Å². The molecule has 0 radical (unpaired) electrons. The summed E-state index contributed by atoms with van der Waals surface area (Å²) in [6.45, 7) is 5.11. The van der Waals surface area contributed by atoms with Crippen molar-refractivity contribution in [1.29, 1.82) is 0 Å². The number of benzene rings is 1. The highest BCUT2D eigenvalue weighted by atomic mass is 16.5. The first-order valence-corrected chi connectivity index (χ1v) is 8.92. The summed E-state index contributed by atoms with van der Waals surface area (Å²) in [5, 5.41) is 9.30. The molecule has 1 N–H and O–H groups in total. The first kappa shape index (κ1) is 18.4. The molecule has 0 spiro atoms. The number of amides is 2. The van der Waals surface area contributed by atoms with Crippen molar-refractivity contribution >= 4 is 23.5 Å². The number of carbonyl (C=O) groups is 3. The number of hydrogen-bond donors (Lipinski definition) is 1. The lowest BCUT2D eigenvalue weighted by molar-refractivity contribution is -0.161. The Kier molecular flexibility index (Phi) is 5.27. The van der Waals surface area contributed by atoms with Crippen LogP contribution in [-0.2, 0) is 19.1 Å². The molecule has 3 rings (SSSR count). The van der Waals surface area contributed by atoms with E-state index in [9.17, 15) is 19.5 Å². The third-order valence-electron chi connectivity index (χ3n) is 5.07. The molecule has 1 aromatic rings. The predicted molar refractivity (Wildman–Crippen MR) is 94.9 cm³/mol. The van der Waals surface area contributed by atoms with E-state index in [1.54, 1.807) is 4.90 Å². The average molecular weight is 360 g/mol. The smallest absolute Gasteiger partial charge is 0.328 e. The number of anilines is 1. The molecule has 140 valence electrons. The first-order chi connectivity index (χ1) is 12.4. The largest absolute Gasteiger partial charge is 0.480 e. The van der Waals surface area contributed by atoms with Gasteiger partial charge in [0.1, 0.15) is 5.92 Å². The lowest BCUT2D eigenvalue weighted by Crippen LogP contribution is -2.55. The van der Waals surface area contributed by atoms with Crippen molar-refractivity contribution < 1.29 is 24.2 Å². The molecule has 0 bridgehead atoms. The maximum absolute atomic E-state index is 12.8. The zero-order chi connectivity index (χ0) is 18.8. The van der Waals surface area contributed by atoms with E-state index in [1.165, 1.54) is 10.5 Å². The summed E-state index contributed by atoms with van der Waals surface area (Å²) >= 11 is 0. The van der Waals surface area contributed by atoms with Crippen LogP contribution in [-0.4, -0.2) is 60.1 Å². The summed E-state index contributed by atoms with van der Waals surface area (Å²) in [6.07, 6.45) is 0.396. The molecular weight excluding hydrogens is 336 g/mol. The molecule has 2 atom stereocenters. The van der Waals surface area contributed by atoms with Crippen molar-refractivity contribution in [3.05, 3.63) is 29.8 Å². The molecule has 26 heavy (non-hydrogen) atoms. The molecule has 7 nitrogen and oxygen atoms in total. The Morgan fingerprint density at radius 1 is 1.19 bits per heavy atom. The molecule has 2 saturated heterocycles. The molecule has 0 aromatic heterocycles. The molecule has 2 heterocycles. The summed E-state index contributed by atoms with van der Waals surface area (Å²) in [5.41, 5.74) is 1.96. The highest BCUT2D eigenvalue weighted by Crippen LogP contribution is 2.28. The fourth-order valence-electron chi connectivity index (χ4n) is 3.48. The number of morpholine rings is 1. The maximum atomic E-state index is 12.8. The summed E-state index contributed by atoms with van der Waals surface area (Å²) in [5.74, 6) is -2.19. The standard InChI is InChI=1S/C19H24N2O5/c1-12(2)13-3-5-14(6-4-13)20-8-7-15(17(20)22)18(23)21-9-10-26-11-16(21)19(24)25/h3-6,12,15-16H,7-11H2,1-2H3,(H,24,25). The van der Waals surface area contributed by atoms with Gasteiger partial charge in [-0.1, -0.05) is 26.0 Å². The van der Waals surface area contributed by atoms with Gasteiger partial charge in [0.15, 0.2) is 6.04 Å². The molecule has 1 aromatic carbocycles. The summed E-state index contributed by atoms with van der Waals surface area (Å²) in [4.78, 5) is 39.9. The zero-order valence-corrected chi connectivity index (χ0v) is 15.1. The normalized spacial score (nSPS) is 23.6. The van der Waals surface area contributed by atoms with E-state index >= 15 is 0 Å². The van der Waals surface area contributed by atoms with Gasteiger partial charge in [-0.3, -0.25) is 9.59 Å². The average Bonchev–Trinajstić information content (AvgIpc) is 3.02. The Balaban J connectivity index is 1.73. The van der Waals surface area contributed by atoms with Gasteiger partial charge in [-0.2, -0.15) is 0 Å². The highest BCUT2D eigenvalue weighted by Gasteiger charge is 2.43. The van der Waals surface area contributed by atoms with E-state index in [-0.39, 0.29) is 25.7 Å². The Hall–Kier alpha value is -2.41. The number of ether oxygens (including phenoxy) is 1. The minimum absolute atomic E-state index is 0.0393. The van der Waals surface area contributed by atoms with Crippen LogP contribution in [0.25, 0.3) is 0 Å². The van der Waals surface area contributed by atoms with Gasteiger partial charge in [-0.15, -0.1) is 0 Å². The highest BCUT2D eigenvalue weighted by molar-refractivity contribution is 6.10. The van der Waals surface area contributed by atoms with Crippen molar-refractivity contribution in [3.8, 4) is 0 Å². The summed E-state index contributed by atoms with van der Waals surface area (Å²) in [6, 6.07) is 6.75. The fourth-order valence-corrected chi connectivity index (χ4v) is 3.48. The number of hydrogen-bond acceptors (Lipinski definition) is 4. The van der Waals surface area contributed by atoms with Crippen molar-refractivity contribution in [3.63, 3.8) is 0 Å². The van der Waals surface area contributed by atoms with E-state index < -0.39 is 23.8 Å². The van der Waals surface area contributed by atoms with Crippen LogP contribution < -0.4 is 4.90 Å². The predicted octanol–water partition coefficient (Wildman–Crippen LogP) is 1.47. The molecule has 7 heteroatoms. The van der Waals surface area contributed by atoms with Gasteiger partial charge in [-0.25, -0.2) is 4.79 Å². The Bertz CT molecular complexity index is 700. The number of carboxylic acids is 1. The van der Waals surface area contributed by atoms with E-state index in [0.717, 1.165) is 5.69 Å². The molecular formula is C19H24N2O5. The van der Waals surface area contributed by atoms with Gasteiger partial charge < -0.3 is 19.6 Å². The van der Waals surface area contributed by atoms with Crippen LogP contribution in [0.1, 0.15) is 31.7 Å². The van der Waals surface area contributed by atoms with Gasteiger partial charge in [0.25, 0.3) is 0 Å². The van der Waals surface area contributed by atoms with E-state index in [2.05, 4.69) is 13.8 Å². The second-order valence-corrected chi connectivity index (χ2v) is 7.04. The van der Waals surface area contributed by atoms with Gasteiger partial charge in [0, 0.05) is 18.8 Å². The first-order valence-electron chi connectivity index (χ1n) is 8.92. The zero-order valence-electron chi connectivity index (χ0n) is 15.1. The van der Waals surface area contributed by atoms with Crippen LogP contribution in [0.4, 0.5) is 5.69 Å². The summed E-state index contributed by atoms with van der Waals surface area (Å²) < 4.78 is 5.16. The quantitative estimate of drug-likeness (QED) is 0.822. The van der Waals surface area contributed by atoms with Crippen LogP contribution in [0.15, 0.2) is 24.3 Å². The number of carboxylic acid groups (broad SMARTS) is 1. The van der Waals surface area contributed by atoms with Crippen LogP contribution in [0.3, 0.4) is 0 Å². The Morgan fingerprint density at radius 3 is 2.50 bits per heavy atom. The van der Waals surface area contributed by atoms with E-state index in [4.69, 9.17) is 4.74 Å². The molecule has 2 aliphatic heterocycles. The molecule has 2 aliphatic rings. The minimum Gasteiger partial charge on any atom is -0.480 e. The van der Waals surface area contributed by atoms with Gasteiger partial charge in [0.2, 0.25) is 11.8 Å². The second kappa shape index (κ2) is 7.45. The third kappa shape index (κ3) is 3.44. The topological polar surface area (TPSA) is 87.2 Å². The van der Waals surface area contributed by atoms with E-state index in [0.29, 0.717) is 18.9 Å². The summed E-state index contributed by atoms with van der Waals surface area (Å²) in [7, 11) is 0. The number of nitrogens with zero attached hydrogens (tertiary/aromatic N) is 2. The molecule has 0 aliphatic carbocycles. The molecule has 2 amide bonds. The lowest BCUT2D eigenvalue weighted by atomic mass is 10.0. The van der Waals surface area contributed by atoms with E-state index in [1.807, 2.05) is 24.3 Å². The maximum Gasteiger partial charge on any atom is 0.328 e. The van der Waals surface area contributed by atoms with Crippen molar-refractivity contribution in [2.45, 2.75) is 32.2 Å². The Morgan fingerprint density at radius 2 is 1.88 bits per heavy atom. The third-order valence-corrected chi connectivity index (χ3v) is 5.07. The number of rotatable bonds is 4. The minimum atomic E-state index is -1.11.